The van der Waals surface area contributed by atoms with Gasteiger partial charge in [0.15, 0.2) is 11.9 Å². The number of fused-ring (bicyclic) bond motifs is 1. The minimum absolute atomic E-state index is 0.0399. The van der Waals surface area contributed by atoms with Gasteiger partial charge in [0.05, 0.1) is 17.5 Å². The smallest absolute Gasteiger partial charge is 0.295 e. The fraction of sp³-hybridized carbons (Fsp3) is 0.364. The van der Waals surface area contributed by atoms with Gasteiger partial charge in [-0.2, -0.15) is 4.98 Å². The number of nitro groups is 1. The van der Waals surface area contributed by atoms with E-state index in [0.717, 1.165) is 0 Å². The van der Waals surface area contributed by atoms with Crippen molar-refractivity contribution in [3.63, 3.8) is 0 Å². The number of benzene rings is 1. The van der Waals surface area contributed by atoms with Crippen LogP contribution in [0.15, 0.2) is 22.6 Å². The van der Waals surface area contributed by atoms with E-state index in [9.17, 15) is 10.1 Å². The van der Waals surface area contributed by atoms with Crippen LogP contribution in [0.4, 0.5) is 11.7 Å². The predicted octanol–water partition coefficient (Wildman–Crippen LogP) is 1.77. The number of aromatic nitrogens is 1. The molecule has 1 heterocycles. The SMILES string of the molecule is COC(CNc1nc2ccc([N+](=O)[O-])cc2o1)OC. The number of nitrogens with one attached hydrogen (secondary N) is 1. The number of methoxy groups -OCH3 is 2. The quantitative estimate of drug-likeness (QED) is 0.483. The first-order valence-corrected chi connectivity index (χ1v) is 5.48. The van der Waals surface area contributed by atoms with Crippen LogP contribution in [0.25, 0.3) is 11.1 Å². The average molecular weight is 267 g/mol. The molecule has 19 heavy (non-hydrogen) atoms. The number of non-ortho nitro benzene ring substituents is 1. The number of hydrogen-bond acceptors (Lipinski definition) is 7. The standard InChI is InChI=1S/C11H13N3O5/c1-17-10(18-2)6-12-11-13-8-4-3-7(14(15)16)5-9(8)19-11/h3-5,10H,6H2,1-2H3,(H,12,13). The second-order valence-corrected chi connectivity index (χ2v) is 3.71. The van der Waals surface area contributed by atoms with Gasteiger partial charge < -0.3 is 19.2 Å². The highest BCUT2D eigenvalue weighted by atomic mass is 16.7. The summed E-state index contributed by atoms with van der Waals surface area (Å²) < 4.78 is 15.4. The molecule has 0 saturated carbocycles. The molecule has 0 aliphatic rings. The molecule has 0 fully saturated rings. The lowest BCUT2D eigenvalue weighted by atomic mass is 10.3. The molecule has 2 rings (SSSR count). The molecule has 0 saturated heterocycles. The Bertz CT molecular complexity index is 579. The summed E-state index contributed by atoms with van der Waals surface area (Å²) in [6.07, 6.45) is -0.427. The summed E-state index contributed by atoms with van der Waals surface area (Å²) in [7, 11) is 3.04. The van der Waals surface area contributed by atoms with E-state index in [2.05, 4.69) is 10.3 Å². The summed E-state index contributed by atoms with van der Waals surface area (Å²) in [6.45, 7) is 0.349. The third-order valence-electron chi connectivity index (χ3n) is 2.53. The molecule has 0 unspecified atom stereocenters. The van der Waals surface area contributed by atoms with Crippen LogP contribution < -0.4 is 5.32 Å². The summed E-state index contributed by atoms with van der Waals surface area (Å²) in [5.74, 6) is 0. The highest BCUT2D eigenvalue weighted by Gasteiger charge is 2.12. The van der Waals surface area contributed by atoms with Crippen LogP contribution in [-0.4, -0.2) is 37.0 Å². The number of anilines is 1. The topological polar surface area (TPSA) is 99.7 Å². The lowest BCUT2D eigenvalue weighted by Crippen LogP contribution is -2.23. The lowest BCUT2D eigenvalue weighted by Gasteiger charge is -2.12. The van der Waals surface area contributed by atoms with E-state index in [1.165, 1.54) is 32.4 Å². The van der Waals surface area contributed by atoms with Gasteiger partial charge in [0.25, 0.3) is 11.7 Å². The summed E-state index contributed by atoms with van der Waals surface area (Å²) in [4.78, 5) is 14.3. The van der Waals surface area contributed by atoms with Gasteiger partial charge in [0, 0.05) is 20.3 Å². The highest BCUT2D eigenvalue weighted by molar-refractivity contribution is 5.77. The average Bonchev–Trinajstić information content (AvgIpc) is 2.81. The number of hydrogen-bond donors (Lipinski definition) is 1. The van der Waals surface area contributed by atoms with Crippen LogP contribution >= 0.6 is 0 Å². The van der Waals surface area contributed by atoms with Crippen LogP contribution in [0.5, 0.6) is 0 Å². The van der Waals surface area contributed by atoms with Crippen molar-refractivity contribution in [1.82, 2.24) is 4.98 Å². The zero-order valence-electron chi connectivity index (χ0n) is 10.5. The zero-order chi connectivity index (χ0) is 13.8. The molecule has 8 heteroatoms. The first-order valence-electron chi connectivity index (χ1n) is 5.48. The lowest BCUT2D eigenvalue weighted by molar-refractivity contribution is -0.384. The molecule has 0 bridgehead atoms. The predicted molar refractivity (Wildman–Crippen MR) is 67.0 cm³/mol. The Kier molecular flexibility index (Phi) is 3.93. The maximum absolute atomic E-state index is 10.6. The second-order valence-electron chi connectivity index (χ2n) is 3.71. The molecule has 0 spiro atoms. The van der Waals surface area contributed by atoms with Gasteiger partial charge in [-0.3, -0.25) is 10.1 Å². The molecule has 1 N–H and O–H groups in total. The van der Waals surface area contributed by atoms with E-state index in [0.29, 0.717) is 17.6 Å². The Morgan fingerprint density at radius 1 is 1.47 bits per heavy atom. The molecular weight excluding hydrogens is 254 g/mol. The molecule has 0 amide bonds. The number of nitrogens with zero attached hydrogens (tertiary/aromatic N) is 2. The third kappa shape index (κ3) is 2.98. The molecular formula is C11H13N3O5. The van der Waals surface area contributed by atoms with Crippen molar-refractivity contribution in [1.29, 1.82) is 0 Å². The number of ether oxygens (including phenoxy) is 2. The van der Waals surface area contributed by atoms with Crippen LogP contribution in [0.2, 0.25) is 0 Å². The molecule has 0 atom stereocenters. The Balaban J connectivity index is 2.15. The minimum atomic E-state index is -0.485. The number of oxazole rings is 1. The third-order valence-corrected chi connectivity index (χ3v) is 2.53. The largest absolute Gasteiger partial charge is 0.423 e. The van der Waals surface area contributed by atoms with Gasteiger partial charge >= 0.3 is 0 Å². The first kappa shape index (κ1) is 13.2. The van der Waals surface area contributed by atoms with Crippen LogP contribution in [0.1, 0.15) is 0 Å². The summed E-state index contributed by atoms with van der Waals surface area (Å²) in [5.41, 5.74) is 0.851. The normalized spacial score (nSPS) is 11.1. The van der Waals surface area contributed by atoms with Crippen molar-refractivity contribution in [2.75, 3.05) is 26.1 Å². The maximum Gasteiger partial charge on any atom is 0.295 e. The second kappa shape index (κ2) is 5.63. The van der Waals surface area contributed by atoms with Crippen LogP contribution in [0.3, 0.4) is 0 Å². The Morgan fingerprint density at radius 3 is 2.84 bits per heavy atom. The first-order chi connectivity index (χ1) is 9.13. The van der Waals surface area contributed by atoms with Crippen molar-refractivity contribution in [3.8, 4) is 0 Å². The molecule has 0 aliphatic heterocycles. The minimum Gasteiger partial charge on any atom is -0.423 e. The fourth-order valence-corrected chi connectivity index (χ4v) is 1.54. The number of nitro benzene ring substituents is 1. The Morgan fingerprint density at radius 2 is 2.21 bits per heavy atom. The van der Waals surface area contributed by atoms with Crippen molar-refractivity contribution in [2.45, 2.75) is 6.29 Å². The van der Waals surface area contributed by atoms with Crippen molar-refractivity contribution >= 4 is 22.8 Å². The van der Waals surface area contributed by atoms with E-state index in [4.69, 9.17) is 13.9 Å². The van der Waals surface area contributed by atoms with Gasteiger partial charge in [0.1, 0.15) is 5.52 Å². The van der Waals surface area contributed by atoms with Crippen molar-refractivity contribution in [3.05, 3.63) is 28.3 Å². The van der Waals surface area contributed by atoms with E-state index in [1.54, 1.807) is 0 Å². The van der Waals surface area contributed by atoms with Gasteiger partial charge in [-0.1, -0.05) is 0 Å². The molecule has 0 aliphatic carbocycles. The molecule has 8 nitrogen and oxygen atoms in total. The van der Waals surface area contributed by atoms with Crippen LogP contribution in [0, 0.1) is 10.1 Å². The summed E-state index contributed by atoms with van der Waals surface area (Å²) >= 11 is 0. The molecule has 1 aromatic carbocycles. The number of rotatable bonds is 6. The van der Waals surface area contributed by atoms with Crippen molar-refractivity contribution < 1.29 is 18.8 Å². The summed E-state index contributed by atoms with van der Waals surface area (Å²) in [5, 5.41) is 13.5. The maximum atomic E-state index is 10.6. The Hall–Kier alpha value is -2.19. The molecule has 1 aromatic heterocycles. The van der Waals surface area contributed by atoms with Gasteiger partial charge in [0.2, 0.25) is 0 Å². The monoisotopic (exact) mass is 267 g/mol. The van der Waals surface area contributed by atoms with Gasteiger partial charge in [-0.25, -0.2) is 0 Å². The Labute approximate surface area is 108 Å². The van der Waals surface area contributed by atoms with E-state index < -0.39 is 11.2 Å². The fourth-order valence-electron chi connectivity index (χ4n) is 1.54. The van der Waals surface area contributed by atoms with E-state index >= 15 is 0 Å². The van der Waals surface area contributed by atoms with Crippen molar-refractivity contribution in [2.24, 2.45) is 0 Å². The van der Waals surface area contributed by atoms with E-state index in [1.807, 2.05) is 0 Å². The molecule has 0 radical (unpaired) electrons. The van der Waals surface area contributed by atoms with E-state index in [-0.39, 0.29) is 11.7 Å². The van der Waals surface area contributed by atoms with Gasteiger partial charge in [-0.15, -0.1) is 0 Å². The van der Waals surface area contributed by atoms with Crippen LogP contribution in [-0.2, 0) is 9.47 Å². The highest BCUT2D eigenvalue weighted by Crippen LogP contribution is 2.23. The molecule has 2 aromatic rings. The molecule has 102 valence electrons. The van der Waals surface area contributed by atoms with Gasteiger partial charge in [-0.05, 0) is 6.07 Å². The summed E-state index contributed by atoms with van der Waals surface area (Å²) in [6, 6.07) is 4.50. The zero-order valence-corrected chi connectivity index (χ0v) is 10.5.